The van der Waals surface area contributed by atoms with Crippen LogP contribution in [0.2, 0.25) is 0 Å². The Balaban J connectivity index is 4.11. The van der Waals surface area contributed by atoms with Gasteiger partial charge < -0.3 is 10.2 Å². The Labute approximate surface area is 112 Å². The van der Waals surface area contributed by atoms with Crippen molar-refractivity contribution in [1.82, 2.24) is 10.2 Å². The van der Waals surface area contributed by atoms with E-state index >= 15 is 0 Å². The van der Waals surface area contributed by atoms with Crippen molar-refractivity contribution in [3.63, 3.8) is 0 Å². The fourth-order valence-corrected chi connectivity index (χ4v) is 1.44. The van der Waals surface area contributed by atoms with Crippen molar-refractivity contribution >= 4 is 12.2 Å². The van der Waals surface area contributed by atoms with Gasteiger partial charge in [-0.2, -0.15) is 0 Å². The van der Waals surface area contributed by atoms with Crippen LogP contribution in [0.4, 0.5) is 0 Å². The minimum atomic E-state index is 0.730. The number of amidine groups is 1. The maximum absolute atomic E-state index is 4.47. The van der Waals surface area contributed by atoms with Crippen LogP contribution < -0.4 is 5.32 Å². The van der Waals surface area contributed by atoms with Gasteiger partial charge in [-0.25, -0.2) is 0 Å². The average Bonchev–Trinajstić information content (AvgIpc) is 2.36. The highest BCUT2D eigenvalue weighted by atomic mass is 15.1. The molecule has 104 valence electrons. The Morgan fingerprint density at radius 1 is 1.17 bits per heavy atom. The van der Waals surface area contributed by atoms with Gasteiger partial charge in [0.15, 0.2) is 0 Å². The zero-order chi connectivity index (χ0) is 13.8. The zero-order valence-corrected chi connectivity index (χ0v) is 12.5. The summed E-state index contributed by atoms with van der Waals surface area (Å²) in [5, 5.41) is 3.12. The summed E-state index contributed by atoms with van der Waals surface area (Å²) in [6.07, 6.45) is 6.26. The third kappa shape index (κ3) is 8.79. The van der Waals surface area contributed by atoms with Gasteiger partial charge in [0, 0.05) is 26.3 Å². The lowest BCUT2D eigenvalue weighted by Crippen LogP contribution is -2.23. The fourth-order valence-electron chi connectivity index (χ4n) is 1.44. The van der Waals surface area contributed by atoms with E-state index in [1.165, 1.54) is 5.57 Å². The first-order valence-electron chi connectivity index (χ1n) is 6.73. The van der Waals surface area contributed by atoms with Gasteiger partial charge in [0.1, 0.15) is 0 Å². The lowest BCUT2D eigenvalue weighted by molar-refractivity contribution is 0.427. The molecule has 0 amide bonds. The molecule has 4 nitrogen and oxygen atoms in total. The topological polar surface area (TPSA) is 40.0 Å². The number of hydrogen-bond donors (Lipinski definition) is 1. The lowest BCUT2D eigenvalue weighted by atomic mass is 10.3. The van der Waals surface area contributed by atoms with Gasteiger partial charge in [0.25, 0.3) is 0 Å². The van der Waals surface area contributed by atoms with Crippen LogP contribution in [0.3, 0.4) is 0 Å². The van der Waals surface area contributed by atoms with Gasteiger partial charge in [-0.3, -0.25) is 9.98 Å². The highest BCUT2D eigenvalue weighted by Gasteiger charge is 1.95. The molecule has 0 unspecified atom stereocenters. The highest BCUT2D eigenvalue weighted by Crippen LogP contribution is 1.94. The maximum atomic E-state index is 4.47. The number of nitrogens with zero attached hydrogens (tertiary/aromatic N) is 3. The van der Waals surface area contributed by atoms with E-state index in [1.807, 2.05) is 19.5 Å². The monoisotopic (exact) mass is 252 g/mol. The standard InChI is InChI=1S/C14H28N4/c1-6-8-18(9-7-2)12-16-10-13(3)11-17-14(4)15-5/h11-12H,6-10H2,1-5H3,(H,15,17)/b13-11+,16-12?. The van der Waals surface area contributed by atoms with Crippen LogP contribution in [0.1, 0.15) is 40.5 Å². The van der Waals surface area contributed by atoms with E-state index in [-0.39, 0.29) is 0 Å². The second-order valence-electron chi connectivity index (χ2n) is 4.44. The van der Waals surface area contributed by atoms with Gasteiger partial charge in [-0.15, -0.1) is 0 Å². The minimum Gasteiger partial charge on any atom is -0.363 e. The van der Waals surface area contributed by atoms with Crippen LogP contribution in [0.25, 0.3) is 0 Å². The average molecular weight is 252 g/mol. The Bertz CT molecular complexity index is 286. The molecule has 0 aromatic carbocycles. The molecule has 0 bridgehead atoms. The van der Waals surface area contributed by atoms with Crippen molar-refractivity contribution in [1.29, 1.82) is 0 Å². The molecule has 0 aliphatic rings. The second-order valence-corrected chi connectivity index (χ2v) is 4.44. The van der Waals surface area contributed by atoms with E-state index < -0.39 is 0 Å². The summed E-state index contributed by atoms with van der Waals surface area (Å²) >= 11 is 0. The van der Waals surface area contributed by atoms with Gasteiger partial charge >= 0.3 is 0 Å². The van der Waals surface area contributed by atoms with Crippen LogP contribution in [-0.4, -0.2) is 43.8 Å². The van der Waals surface area contributed by atoms with Gasteiger partial charge in [0.2, 0.25) is 0 Å². The van der Waals surface area contributed by atoms with Crippen molar-refractivity contribution in [2.24, 2.45) is 9.98 Å². The van der Waals surface area contributed by atoms with Gasteiger partial charge in [-0.1, -0.05) is 13.8 Å². The summed E-state index contributed by atoms with van der Waals surface area (Å²) in [5.41, 5.74) is 1.20. The van der Waals surface area contributed by atoms with E-state index in [0.717, 1.165) is 38.3 Å². The first-order chi connectivity index (χ1) is 8.63. The van der Waals surface area contributed by atoms with E-state index in [4.69, 9.17) is 0 Å². The largest absolute Gasteiger partial charge is 0.363 e. The Kier molecular flexibility index (Phi) is 10.0. The lowest BCUT2D eigenvalue weighted by Gasteiger charge is -2.17. The van der Waals surface area contributed by atoms with Crippen molar-refractivity contribution in [2.75, 3.05) is 26.7 Å². The summed E-state index contributed by atoms with van der Waals surface area (Å²) in [6.45, 7) is 11.3. The predicted molar refractivity (Wildman–Crippen MR) is 81.4 cm³/mol. The zero-order valence-electron chi connectivity index (χ0n) is 12.5. The molecule has 0 saturated carbocycles. The molecule has 0 heterocycles. The minimum absolute atomic E-state index is 0.730. The molecule has 0 rings (SSSR count). The molecule has 0 saturated heterocycles. The van der Waals surface area contributed by atoms with E-state index in [1.54, 1.807) is 7.05 Å². The maximum Gasteiger partial charge on any atom is 0.0967 e. The molecular formula is C14H28N4. The van der Waals surface area contributed by atoms with Gasteiger partial charge in [0.05, 0.1) is 18.7 Å². The van der Waals surface area contributed by atoms with Crippen molar-refractivity contribution in [3.8, 4) is 0 Å². The summed E-state index contributed by atoms with van der Waals surface area (Å²) in [7, 11) is 1.77. The Morgan fingerprint density at radius 2 is 1.78 bits per heavy atom. The summed E-state index contributed by atoms with van der Waals surface area (Å²) in [4.78, 5) is 10.8. The molecule has 0 atom stereocenters. The van der Waals surface area contributed by atoms with Crippen molar-refractivity contribution < 1.29 is 0 Å². The first-order valence-corrected chi connectivity index (χ1v) is 6.73. The Hall–Kier alpha value is -1.32. The fraction of sp³-hybridized carbons (Fsp3) is 0.714. The number of nitrogens with one attached hydrogen (secondary N) is 1. The normalized spacial score (nSPS) is 13.2. The third-order valence-electron chi connectivity index (χ3n) is 2.47. The van der Waals surface area contributed by atoms with E-state index in [0.29, 0.717) is 0 Å². The summed E-state index contributed by atoms with van der Waals surface area (Å²) in [5.74, 6) is 0.914. The number of hydrogen-bond acceptors (Lipinski definition) is 2. The Morgan fingerprint density at radius 3 is 2.28 bits per heavy atom. The summed E-state index contributed by atoms with van der Waals surface area (Å²) < 4.78 is 0. The van der Waals surface area contributed by atoms with Crippen LogP contribution in [0.5, 0.6) is 0 Å². The van der Waals surface area contributed by atoms with Crippen LogP contribution in [0.15, 0.2) is 21.8 Å². The van der Waals surface area contributed by atoms with Gasteiger partial charge in [-0.05, 0) is 32.3 Å². The molecule has 0 fully saturated rings. The van der Waals surface area contributed by atoms with E-state index in [2.05, 4.69) is 41.0 Å². The molecule has 1 N–H and O–H groups in total. The molecule has 0 aliphatic carbocycles. The quantitative estimate of drug-likeness (QED) is 0.533. The van der Waals surface area contributed by atoms with Crippen molar-refractivity contribution in [2.45, 2.75) is 40.5 Å². The first kappa shape index (κ1) is 16.7. The molecule has 18 heavy (non-hydrogen) atoms. The van der Waals surface area contributed by atoms with Crippen LogP contribution in [-0.2, 0) is 0 Å². The molecule has 0 spiro atoms. The van der Waals surface area contributed by atoms with E-state index in [9.17, 15) is 0 Å². The molecule has 0 aliphatic heterocycles. The molecular weight excluding hydrogens is 224 g/mol. The van der Waals surface area contributed by atoms with Crippen LogP contribution >= 0.6 is 0 Å². The number of rotatable bonds is 8. The highest BCUT2D eigenvalue weighted by molar-refractivity contribution is 5.80. The SMILES string of the molecule is CCCN(C=NC/C(C)=C/NC(C)=NC)CCC. The molecule has 0 radical (unpaired) electrons. The molecule has 0 aromatic rings. The third-order valence-corrected chi connectivity index (χ3v) is 2.47. The smallest absolute Gasteiger partial charge is 0.0967 e. The number of aliphatic imine (C=N–C) groups is 2. The predicted octanol–water partition coefficient (Wildman–Crippen LogP) is 2.68. The molecule has 0 aromatic heterocycles. The summed E-state index contributed by atoms with van der Waals surface area (Å²) in [6, 6.07) is 0. The van der Waals surface area contributed by atoms with Crippen LogP contribution in [0, 0.1) is 0 Å². The molecule has 4 heteroatoms. The van der Waals surface area contributed by atoms with Crippen molar-refractivity contribution in [3.05, 3.63) is 11.8 Å². The second kappa shape index (κ2) is 10.8.